The molecule has 1 saturated carbocycles. The molecule has 0 bridgehead atoms. The predicted molar refractivity (Wildman–Crippen MR) is 60.6 cm³/mol. The van der Waals surface area contributed by atoms with Crippen molar-refractivity contribution in [2.24, 2.45) is 5.92 Å². The molecule has 1 aromatic rings. The van der Waals surface area contributed by atoms with Crippen molar-refractivity contribution in [2.45, 2.75) is 25.9 Å². The first-order valence-corrected chi connectivity index (χ1v) is 5.55. The number of carbonyl (C=O) groups is 1. The first kappa shape index (κ1) is 11.7. The Morgan fingerprint density at radius 1 is 1.53 bits per heavy atom. The molecule has 1 heterocycles. The van der Waals surface area contributed by atoms with Crippen LogP contribution in [-0.4, -0.2) is 29.3 Å². The SMILES string of the molecule is COc1cc(C(=O)O)ncc1OC(C)C1CC1. The number of methoxy groups -OCH3 is 1. The van der Waals surface area contributed by atoms with Gasteiger partial charge in [-0.1, -0.05) is 0 Å². The topological polar surface area (TPSA) is 68.7 Å². The van der Waals surface area contributed by atoms with Crippen LogP contribution in [0.5, 0.6) is 11.5 Å². The number of pyridine rings is 1. The minimum absolute atomic E-state index is 0.0479. The van der Waals surface area contributed by atoms with Gasteiger partial charge in [0.1, 0.15) is 0 Å². The number of aromatic carboxylic acids is 1. The van der Waals surface area contributed by atoms with Gasteiger partial charge in [-0.05, 0) is 25.7 Å². The molecule has 5 heteroatoms. The van der Waals surface area contributed by atoms with Crippen LogP contribution in [0.4, 0.5) is 0 Å². The molecular formula is C12H15NO4. The summed E-state index contributed by atoms with van der Waals surface area (Å²) < 4.78 is 10.8. The molecule has 0 radical (unpaired) electrons. The average Bonchev–Trinajstić information content (AvgIpc) is 3.13. The molecule has 1 aromatic heterocycles. The molecule has 0 spiro atoms. The average molecular weight is 237 g/mol. The third-order valence-electron chi connectivity index (χ3n) is 2.87. The molecule has 1 N–H and O–H groups in total. The van der Waals surface area contributed by atoms with Gasteiger partial charge in [0, 0.05) is 6.07 Å². The van der Waals surface area contributed by atoms with Crippen molar-refractivity contribution in [1.29, 1.82) is 0 Å². The van der Waals surface area contributed by atoms with Gasteiger partial charge in [-0.2, -0.15) is 0 Å². The maximum Gasteiger partial charge on any atom is 0.354 e. The summed E-state index contributed by atoms with van der Waals surface area (Å²) in [5, 5.41) is 8.82. The lowest BCUT2D eigenvalue weighted by Crippen LogP contribution is -2.15. The van der Waals surface area contributed by atoms with Crippen molar-refractivity contribution in [3.05, 3.63) is 18.0 Å². The standard InChI is InChI=1S/C12H15NO4/c1-7(8-3-4-8)17-11-6-13-9(12(14)15)5-10(11)16-2/h5-8H,3-4H2,1-2H3,(H,14,15). The van der Waals surface area contributed by atoms with Crippen molar-refractivity contribution in [3.63, 3.8) is 0 Å². The minimum Gasteiger partial charge on any atom is -0.493 e. The number of nitrogens with zero attached hydrogens (tertiary/aromatic N) is 1. The molecule has 1 aliphatic rings. The molecule has 0 aliphatic heterocycles. The fourth-order valence-corrected chi connectivity index (χ4v) is 1.65. The Morgan fingerprint density at radius 3 is 2.76 bits per heavy atom. The van der Waals surface area contributed by atoms with Crippen LogP contribution >= 0.6 is 0 Å². The van der Waals surface area contributed by atoms with Gasteiger partial charge in [-0.3, -0.25) is 0 Å². The van der Waals surface area contributed by atoms with Gasteiger partial charge in [0.2, 0.25) is 0 Å². The first-order chi connectivity index (χ1) is 8.11. The van der Waals surface area contributed by atoms with E-state index in [0.717, 1.165) is 0 Å². The lowest BCUT2D eigenvalue weighted by atomic mass is 10.2. The van der Waals surface area contributed by atoms with E-state index in [4.69, 9.17) is 14.6 Å². The van der Waals surface area contributed by atoms with Crippen LogP contribution in [0.25, 0.3) is 0 Å². The first-order valence-electron chi connectivity index (χ1n) is 5.55. The predicted octanol–water partition coefficient (Wildman–Crippen LogP) is 1.97. The van der Waals surface area contributed by atoms with E-state index in [2.05, 4.69) is 4.98 Å². The van der Waals surface area contributed by atoms with Crippen molar-refractivity contribution in [1.82, 2.24) is 4.98 Å². The van der Waals surface area contributed by atoms with E-state index >= 15 is 0 Å². The molecule has 92 valence electrons. The van der Waals surface area contributed by atoms with Gasteiger partial charge in [0.05, 0.1) is 19.4 Å². The summed E-state index contributed by atoms with van der Waals surface area (Å²) in [5.74, 6) is 0.422. The highest BCUT2D eigenvalue weighted by atomic mass is 16.5. The second kappa shape index (κ2) is 4.61. The van der Waals surface area contributed by atoms with Crippen LogP contribution in [0, 0.1) is 5.92 Å². The number of rotatable bonds is 5. The lowest BCUT2D eigenvalue weighted by molar-refractivity contribution is 0.0689. The summed E-state index contributed by atoms with van der Waals surface area (Å²) in [6.45, 7) is 2.00. The lowest BCUT2D eigenvalue weighted by Gasteiger charge is -2.16. The second-order valence-corrected chi connectivity index (χ2v) is 4.19. The quantitative estimate of drug-likeness (QED) is 0.847. The highest BCUT2D eigenvalue weighted by molar-refractivity contribution is 5.86. The van der Waals surface area contributed by atoms with Gasteiger partial charge in [-0.25, -0.2) is 9.78 Å². The molecule has 1 fully saturated rings. The van der Waals surface area contributed by atoms with Crippen LogP contribution in [0.3, 0.4) is 0 Å². The largest absolute Gasteiger partial charge is 0.493 e. The number of ether oxygens (including phenoxy) is 2. The van der Waals surface area contributed by atoms with Gasteiger partial charge in [0.15, 0.2) is 17.2 Å². The Kier molecular flexibility index (Phi) is 3.17. The third kappa shape index (κ3) is 2.67. The van der Waals surface area contributed by atoms with Gasteiger partial charge in [-0.15, -0.1) is 0 Å². The van der Waals surface area contributed by atoms with E-state index in [0.29, 0.717) is 17.4 Å². The van der Waals surface area contributed by atoms with Crippen LogP contribution in [0.1, 0.15) is 30.3 Å². The number of aromatic nitrogens is 1. The van der Waals surface area contributed by atoms with E-state index in [1.807, 2.05) is 6.92 Å². The highest BCUT2D eigenvalue weighted by Gasteiger charge is 2.30. The number of carboxylic acids is 1. The zero-order chi connectivity index (χ0) is 12.4. The Bertz CT molecular complexity index is 429. The maximum atomic E-state index is 10.8. The van der Waals surface area contributed by atoms with E-state index in [1.165, 1.54) is 32.2 Å². The van der Waals surface area contributed by atoms with Crippen molar-refractivity contribution >= 4 is 5.97 Å². The van der Waals surface area contributed by atoms with E-state index in [1.54, 1.807) is 0 Å². The molecule has 1 aliphatic carbocycles. The van der Waals surface area contributed by atoms with Crippen LogP contribution in [-0.2, 0) is 0 Å². The Labute approximate surface area is 99.4 Å². The van der Waals surface area contributed by atoms with Gasteiger partial charge < -0.3 is 14.6 Å². The second-order valence-electron chi connectivity index (χ2n) is 4.19. The van der Waals surface area contributed by atoms with E-state index in [9.17, 15) is 4.79 Å². The molecule has 0 aromatic carbocycles. The molecular weight excluding hydrogens is 222 g/mol. The van der Waals surface area contributed by atoms with Crippen LogP contribution in [0.15, 0.2) is 12.3 Å². The van der Waals surface area contributed by atoms with E-state index < -0.39 is 5.97 Å². The summed E-state index contributed by atoms with van der Waals surface area (Å²) in [4.78, 5) is 14.6. The zero-order valence-electron chi connectivity index (χ0n) is 9.84. The maximum absolute atomic E-state index is 10.8. The Balaban J connectivity index is 2.17. The van der Waals surface area contributed by atoms with E-state index in [-0.39, 0.29) is 11.8 Å². The molecule has 5 nitrogen and oxygen atoms in total. The summed E-state index contributed by atoms with van der Waals surface area (Å²) in [5.41, 5.74) is -0.0479. The third-order valence-corrected chi connectivity index (χ3v) is 2.87. The summed E-state index contributed by atoms with van der Waals surface area (Å²) >= 11 is 0. The monoisotopic (exact) mass is 237 g/mol. The number of carboxylic acid groups (broad SMARTS) is 1. The Hall–Kier alpha value is -1.78. The summed E-state index contributed by atoms with van der Waals surface area (Å²) in [6, 6.07) is 1.37. The fourth-order valence-electron chi connectivity index (χ4n) is 1.65. The number of hydrogen-bond acceptors (Lipinski definition) is 4. The fraction of sp³-hybridized carbons (Fsp3) is 0.500. The molecule has 17 heavy (non-hydrogen) atoms. The van der Waals surface area contributed by atoms with Crippen molar-refractivity contribution in [2.75, 3.05) is 7.11 Å². The van der Waals surface area contributed by atoms with Crippen molar-refractivity contribution < 1.29 is 19.4 Å². The van der Waals surface area contributed by atoms with Gasteiger partial charge in [0.25, 0.3) is 0 Å². The molecule has 2 rings (SSSR count). The minimum atomic E-state index is -1.08. The van der Waals surface area contributed by atoms with Crippen LogP contribution < -0.4 is 9.47 Å². The zero-order valence-corrected chi connectivity index (χ0v) is 9.84. The van der Waals surface area contributed by atoms with Crippen molar-refractivity contribution in [3.8, 4) is 11.5 Å². The summed E-state index contributed by atoms with van der Waals surface area (Å²) in [7, 11) is 1.48. The van der Waals surface area contributed by atoms with Gasteiger partial charge >= 0.3 is 5.97 Å². The molecule has 1 atom stereocenters. The molecule has 1 unspecified atom stereocenters. The molecule has 0 saturated heterocycles. The molecule has 0 amide bonds. The normalized spacial score (nSPS) is 16.4. The smallest absolute Gasteiger partial charge is 0.354 e. The summed E-state index contributed by atoms with van der Waals surface area (Å²) in [6.07, 6.45) is 3.89. The highest BCUT2D eigenvalue weighted by Crippen LogP contribution is 2.36. The number of hydrogen-bond donors (Lipinski definition) is 1. The Morgan fingerprint density at radius 2 is 2.24 bits per heavy atom. The van der Waals surface area contributed by atoms with Crippen LogP contribution in [0.2, 0.25) is 0 Å².